The first-order valence-corrected chi connectivity index (χ1v) is 9.37. The van der Waals surface area contributed by atoms with E-state index in [1.807, 2.05) is 0 Å². The lowest BCUT2D eigenvalue weighted by Crippen LogP contribution is -2.28. The largest absolute Gasteiger partial charge is 0.390 e. The number of hydrogen-bond acceptors (Lipinski definition) is 6. The summed E-state index contributed by atoms with van der Waals surface area (Å²) in [7, 11) is 3.45. The molecule has 0 amide bonds. The highest BCUT2D eigenvalue weighted by molar-refractivity contribution is 6.02. The second-order valence-electron chi connectivity index (χ2n) is 7.61. The first kappa shape index (κ1) is 20.9. The molecule has 1 heterocycles. The SMILES string of the molecule is CN(C)c1nc(NC(c2ccc(C(C)(F)F)cc2)C2CC2)c(C(=N)CO)c(=O)[nH]1. The number of benzene rings is 1. The molecular weight excluding hydrogens is 380 g/mol. The molecule has 1 saturated carbocycles. The van der Waals surface area contributed by atoms with E-state index >= 15 is 0 Å². The van der Waals surface area contributed by atoms with Crippen molar-refractivity contribution in [1.29, 1.82) is 5.41 Å². The van der Waals surface area contributed by atoms with Crippen molar-refractivity contribution in [3.8, 4) is 0 Å². The fraction of sp³-hybridized carbons (Fsp3) is 0.450. The highest BCUT2D eigenvalue weighted by atomic mass is 19.3. The standard InChI is InChI=1S/C20H25F2N5O2/c1-20(21,22)13-8-6-12(7-9-13)16(11-4-5-11)24-17-15(14(23)10-28)18(29)26-19(25-17)27(2)3/h6-9,11,16,23,28H,4-5,10H2,1-3H3,(H2,24,25,26,29). The zero-order chi connectivity index (χ0) is 21.3. The van der Waals surface area contributed by atoms with Crippen LogP contribution in [0.4, 0.5) is 20.5 Å². The number of H-pyrrole nitrogens is 1. The van der Waals surface area contributed by atoms with Crippen LogP contribution < -0.4 is 15.8 Å². The van der Waals surface area contributed by atoms with Crippen LogP contribution in [0.15, 0.2) is 29.1 Å². The van der Waals surface area contributed by atoms with E-state index in [9.17, 15) is 18.7 Å². The number of anilines is 2. The molecule has 0 bridgehead atoms. The van der Waals surface area contributed by atoms with Crippen LogP contribution in [0, 0.1) is 11.3 Å². The Morgan fingerprint density at radius 2 is 2.00 bits per heavy atom. The number of alkyl halides is 2. The van der Waals surface area contributed by atoms with Crippen LogP contribution in [-0.2, 0) is 5.92 Å². The van der Waals surface area contributed by atoms with Crippen LogP contribution >= 0.6 is 0 Å². The van der Waals surface area contributed by atoms with E-state index in [4.69, 9.17) is 5.41 Å². The predicted octanol–water partition coefficient (Wildman–Crippen LogP) is 2.87. The number of nitrogens with one attached hydrogen (secondary N) is 3. The van der Waals surface area contributed by atoms with Gasteiger partial charge in [0.05, 0.1) is 18.4 Å². The normalized spacial score (nSPS) is 15.1. The molecule has 2 aromatic rings. The number of aromatic nitrogens is 2. The van der Waals surface area contributed by atoms with Gasteiger partial charge < -0.3 is 20.7 Å². The summed E-state index contributed by atoms with van der Waals surface area (Å²) in [5.41, 5.74) is -0.0681. The summed E-state index contributed by atoms with van der Waals surface area (Å²) < 4.78 is 27.1. The molecular formula is C20H25F2N5O2. The molecule has 4 N–H and O–H groups in total. The summed E-state index contributed by atoms with van der Waals surface area (Å²) in [5.74, 6) is -2.15. The number of aromatic amines is 1. The number of hydrogen-bond donors (Lipinski definition) is 4. The van der Waals surface area contributed by atoms with Gasteiger partial charge in [-0.1, -0.05) is 24.3 Å². The smallest absolute Gasteiger partial charge is 0.270 e. The topological polar surface area (TPSA) is 105 Å². The molecule has 1 aliphatic carbocycles. The minimum absolute atomic E-state index is 0.0274. The maximum Gasteiger partial charge on any atom is 0.270 e. The fourth-order valence-electron chi connectivity index (χ4n) is 3.17. The minimum atomic E-state index is -2.92. The number of aliphatic hydroxyl groups is 1. The molecule has 0 aliphatic heterocycles. The molecule has 9 heteroatoms. The first-order valence-electron chi connectivity index (χ1n) is 9.37. The number of aliphatic hydroxyl groups excluding tert-OH is 1. The molecule has 1 aliphatic rings. The molecule has 1 atom stereocenters. The van der Waals surface area contributed by atoms with Crippen molar-refractivity contribution in [3.05, 3.63) is 51.3 Å². The summed E-state index contributed by atoms with van der Waals surface area (Å²) >= 11 is 0. The summed E-state index contributed by atoms with van der Waals surface area (Å²) in [4.78, 5) is 21.2. The number of halogens is 2. The molecule has 0 saturated heterocycles. The third-order valence-corrected chi connectivity index (χ3v) is 4.95. The molecule has 7 nitrogen and oxygen atoms in total. The van der Waals surface area contributed by atoms with Crippen molar-refractivity contribution >= 4 is 17.5 Å². The summed E-state index contributed by atoms with van der Waals surface area (Å²) in [6.45, 7) is 0.253. The Morgan fingerprint density at radius 1 is 1.38 bits per heavy atom. The maximum atomic E-state index is 13.5. The van der Waals surface area contributed by atoms with Gasteiger partial charge in [0.25, 0.3) is 11.5 Å². The fourth-order valence-corrected chi connectivity index (χ4v) is 3.17. The van der Waals surface area contributed by atoms with Crippen molar-refractivity contribution in [2.24, 2.45) is 5.92 Å². The predicted molar refractivity (Wildman–Crippen MR) is 108 cm³/mol. The van der Waals surface area contributed by atoms with E-state index < -0.39 is 18.1 Å². The molecule has 1 aromatic heterocycles. The van der Waals surface area contributed by atoms with E-state index in [2.05, 4.69) is 15.3 Å². The second kappa shape index (κ2) is 7.90. The lowest BCUT2D eigenvalue weighted by molar-refractivity contribution is 0.0174. The van der Waals surface area contributed by atoms with Gasteiger partial charge in [0, 0.05) is 26.6 Å². The Morgan fingerprint density at radius 3 is 2.48 bits per heavy atom. The van der Waals surface area contributed by atoms with Gasteiger partial charge in [-0.05, 0) is 24.3 Å². The van der Waals surface area contributed by atoms with Gasteiger partial charge in [0.2, 0.25) is 5.95 Å². The molecule has 0 spiro atoms. The Balaban J connectivity index is 2.01. The van der Waals surface area contributed by atoms with Gasteiger partial charge in [0.15, 0.2) is 0 Å². The van der Waals surface area contributed by atoms with Gasteiger partial charge in [-0.25, -0.2) is 8.78 Å². The van der Waals surface area contributed by atoms with E-state index in [1.54, 1.807) is 31.1 Å². The highest BCUT2D eigenvalue weighted by Gasteiger charge is 2.34. The van der Waals surface area contributed by atoms with Crippen LogP contribution in [0.1, 0.15) is 42.5 Å². The molecule has 156 valence electrons. The molecule has 29 heavy (non-hydrogen) atoms. The molecule has 3 rings (SSSR count). The van der Waals surface area contributed by atoms with Gasteiger partial charge in [-0.3, -0.25) is 9.78 Å². The average Bonchev–Trinajstić information content (AvgIpc) is 3.49. The van der Waals surface area contributed by atoms with Crippen LogP contribution in [-0.4, -0.2) is 41.5 Å². The van der Waals surface area contributed by atoms with Gasteiger partial charge in [-0.2, -0.15) is 4.98 Å². The molecule has 0 radical (unpaired) electrons. The van der Waals surface area contributed by atoms with E-state index in [-0.39, 0.29) is 34.6 Å². The monoisotopic (exact) mass is 405 g/mol. The third kappa shape index (κ3) is 4.61. The highest BCUT2D eigenvalue weighted by Crippen LogP contribution is 2.43. The lowest BCUT2D eigenvalue weighted by Gasteiger charge is -2.23. The van der Waals surface area contributed by atoms with Crippen molar-refractivity contribution in [3.63, 3.8) is 0 Å². The van der Waals surface area contributed by atoms with Gasteiger partial charge in [0.1, 0.15) is 11.4 Å². The Bertz CT molecular complexity index is 947. The average molecular weight is 405 g/mol. The number of rotatable bonds is 8. The summed E-state index contributed by atoms with van der Waals surface area (Å²) in [6, 6.07) is 5.86. The van der Waals surface area contributed by atoms with E-state index in [0.717, 1.165) is 25.3 Å². The van der Waals surface area contributed by atoms with Crippen LogP contribution in [0.2, 0.25) is 0 Å². The quantitative estimate of drug-likeness (QED) is 0.506. The molecule has 1 unspecified atom stereocenters. The molecule has 1 fully saturated rings. The second-order valence-corrected chi connectivity index (χ2v) is 7.61. The van der Waals surface area contributed by atoms with Gasteiger partial charge >= 0.3 is 0 Å². The van der Waals surface area contributed by atoms with Gasteiger partial charge in [-0.15, -0.1) is 0 Å². The van der Waals surface area contributed by atoms with E-state index in [1.165, 1.54) is 12.1 Å². The lowest BCUT2D eigenvalue weighted by atomic mass is 9.99. The molecule has 1 aromatic carbocycles. The minimum Gasteiger partial charge on any atom is -0.390 e. The van der Waals surface area contributed by atoms with Crippen molar-refractivity contribution in [2.45, 2.75) is 31.7 Å². The van der Waals surface area contributed by atoms with Crippen molar-refractivity contribution in [2.75, 3.05) is 30.9 Å². The van der Waals surface area contributed by atoms with Crippen molar-refractivity contribution < 1.29 is 13.9 Å². The Hall–Kier alpha value is -2.81. The van der Waals surface area contributed by atoms with Crippen LogP contribution in [0.25, 0.3) is 0 Å². The summed E-state index contributed by atoms with van der Waals surface area (Å²) in [6.07, 6.45) is 1.92. The van der Waals surface area contributed by atoms with Crippen LogP contribution in [0.3, 0.4) is 0 Å². The van der Waals surface area contributed by atoms with Crippen LogP contribution in [0.5, 0.6) is 0 Å². The Labute approximate surface area is 167 Å². The third-order valence-electron chi connectivity index (χ3n) is 4.95. The Kier molecular flexibility index (Phi) is 5.70. The zero-order valence-electron chi connectivity index (χ0n) is 16.6. The number of nitrogens with zero attached hydrogens (tertiary/aromatic N) is 2. The zero-order valence-corrected chi connectivity index (χ0v) is 16.6. The van der Waals surface area contributed by atoms with E-state index in [0.29, 0.717) is 5.95 Å². The first-order chi connectivity index (χ1) is 13.6. The van der Waals surface area contributed by atoms with Crippen molar-refractivity contribution in [1.82, 2.24) is 9.97 Å². The summed E-state index contributed by atoms with van der Waals surface area (Å²) in [5, 5.41) is 20.6. The maximum absolute atomic E-state index is 13.5.